The van der Waals surface area contributed by atoms with E-state index in [1.807, 2.05) is 35.7 Å². The lowest BCUT2D eigenvalue weighted by Crippen LogP contribution is -2.39. The predicted molar refractivity (Wildman–Crippen MR) is 103 cm³/mol. The van der Waals surface area contributed by atoms with Crippen molar-refractivity contribution in [2.75, 3.05) is 0 Å². The summed E-state index contributed by atoms with van der Waals surface area (Å²) in [6.07, 6.45) is 3.76. The average Bonchev–Trinajstić information content (AvgIpc) is 3.07. The van der Waals surface area contributed by atoms with E-state index < -0.39 is 0 Å². The van der Waals surface area contributed by atoms with E-state index in [-0.39, 0.29) is 36.3 Å². The SMILES string of the molecule is Cl.NC1CCCC(C(=O)NC(c2ccc(Cl)cc2)c2cccs2)C1. The van der Waals surface area contributed by atoms with E-state index in [9.17, 15) is 4.79 Å². The van der Waals surface area contributed by atoms with E-state index in [2.05, 4.69) is 11.4 Å². The van der Waals surface area contributed by atoms with Crippen molar-refractivity contribution >= 4 is 41.3 Å². The Kier molecular flexibility index (Phi) is 7.11. The van der Waals surface area contributed by atoms with Crippen LogP contribution in [0.15, 0.2) is 41.8 Å². The molecule has 0 radical (unpaired) electrons. The standard InChI is InChI=1S/C18H21ClN2OS.ClH/c19-14-8-6-12(7-9-14)17(16-5-2-10-23-16)21-18(22)13-3-1-4-15(20)11-13;/h2,5-10,13,15,17H,1,3-4,11,20H2,(H,21,22);1H. The molecule has 3 N–H and O–H groups in total. The Morgan fingerprint density at radius 3 is 2.62 bits per heavy atom. The lowest BCUT2D eigenvalue weighted by atomic mass is 9.85. The van der Waals surface area contributed by atoms with E-state index in [1.54, 1.807) is 11.3 Å². The first-order valence-electron chi connectivity index (χ1n) is 7.98. The highest BCUT2D eigenvalue weighted by Crippen LogP contribution is 2.29. The highest BCUT2D eigenvalue weighted by atomic mass is 35.5. The van der Waals surface area contributed by atoms with Crippen molar-refractivity contribution in [1.29, 1.82) is 0 Å². The van der Waals surface area contributed by atoms with Gasteiger partial charge in [0, 0.05) is 21.9 Å². The van der Waals surface area contributed by atoms with Crippen LogP contribution in [0.2, 0.25) is 5.02 Å². The fourth-order valence-corrected chi connectivity index (χ4v) is 4.08. The summed E-state index contributed by atoms with van der Waals surface area (Å²) in [6.45, 7) is 0. The third-order valence-electron chi connectivity index (χ3n) is 4.40. The van der Waals surface area contributed by atoms with Crippen LogP contribution in [0.25, 0.3) is 0 Å². The first-order valence-corrected chi connectivity index (χ1v) is 9.24. The van der Waals surface area contributed by atoms with Crippen LogP contribution in [0, 0.1) is 5.92 Å². The molecule has 130 valence electrons. The molecule has 3 rings (SSSR count). The first kappa shape index (κ1) is 19.3. The molecule has 1 fully saturated rings. The Hall–Kier alpha value is -1.07. The Morgan fingerprint density at radius 2 is 2.00 bits per heavy atom. The predicted octanol–water partition coefficient (Wildman–Crippen LogP) is 4.55. The molecule has 1 aliphatic carbocycles. The molecule has 1 aromatic heterocycles. The van der Waals surface area contributed by atoms with Crippen LogP contribution in [-0.2, 0) is 4.79 Å². The summed E-state index contributed by atoms with van der Waals surface area (Å²) < 4.78 is 0. The molecule has 0 bridgehead atoms. The van der Waals surface area contributed by atoms with Crippen molar-refractivity contribution in [3.63, 3.8) is 0 Å². The van der Waals surface area contributed by atoms with Gasteiger partial charge in [0.2, 0.25) is 5.91 Å². The van der Waals surface area contributed by atoms with Crippen molar-refractivity contribution in [2.45, 2.75) is 37.8 Å². The largest absolute Gasteiger partial charge is 0.344 e. The smallest absolute Gasteiger partial charge is 0.223 e. The van der Waals surface area contributed by atoms with Gasteiger partial charge in [0.1, 0.15) is 0 Å². The zero-order valence-corrected chi connectivity index (χ0v) is 15.7. The van der Waals surface area contributed by atoms with Gasteiger partial charge in [-0.2, -0.15) is 0 Å². The van der Waals surface area contributed by atoms with Crippen molar-refractivity contribution in [1.82, 2.24) is 5.32 Å². The molecule has 3 unspecified atom stereocenters. The second-order valence-corrected chi connectivity index (χ2v) is 7.55. The number of benzene rings is 1. The van der Waals surface area contributed by atoms with E-state index in [0.29, 0.717) is 5.02 Å². The zero-order chi connectivity index (χ0) is 16.2. The minimum atomic E-state index is -0.127. The minimum absolute atomic E-state index is 0. The normalized spacial score (nSPS) is 21.6. The average molecular weight is 385 g/mol. The number of halogens is 2. The van der Waals surface area contributed by atoms with Crippen LogP contribution in [0.4, 0.5) is 0 Å². The van der Waals surface area contributed by atoms with Gasteiger partial charge in [-0.3, -0.25) is 4.79 Å². The van der Waals surface area contributed by atoms with Gasteiger partial charge < -0.3 is 11.1 Å². The number of amides is 1. The van der Waals surface area contributed by atoms with E-state index in [0.717, 1.165) is 36.1 Å². The molecule has 3 nitrogen and oxygen atoms in total. The van der Waals surface area contributed by atoms with E-state index in [4.69, 9.17) is 17.3 Å². The maximum Gasteiger partial charge on any atom is 0.223 e. The molecule has 1 amide bonds. The van der Waals surface area contributed by atoms with Crippen molar-refractivity contribution in [3.05, 3.63) is 57.2 Å². The molecule has 6 heteroatoms. The van der Waals surface area contributed by atoms with Crippen LogP contribution in [0.5, 0.6) is 0 Å². The van der Waals surface area contributed by atoms with Gasteiger partial charge in [0.15, 0.2) is 0 Å². The zero-order valence-electron chi connectivity index (χ0n) is 13.3. The molecule has 1 heterocycles. The van der Waals surface area contributed by atoms with Gasteiger partial charge in [-0.1, -0.05) is 36.2 Å². The number of carbonyl (C=O) groups is 1. The summed E-state index contributed by atoms with van der Waals surface area (Å²) in [5.41, 5.74) is 7.07. The lowest BCUT2D eigenvalue weighted by molar-refractivity contribution is -0.126. The molecule has 24 heavy (non-hydrogen) atoms. The van der Waals surface area contributed by atoms with Gasteiger partial charge in [0.05, 0.1) is 6.04 Å². The number of carbonyl (C=O) groups excluding carboxylic acids is 1. The highest BCUT2D eigenvalue weighted by molar-refractivity contribution is 7.10. The molecular weight excluding hydrogens is 363 g/mol. The fraction of sp³-hybridized carbons (Fsp3) is 0.389. The molecule has 0 saturated heterocycles. The third kappa shape index (κ3) is 4.73. The highest BCUT2D eigenvalue weighted by Gasteiger charge is 2.28. The summed E-state index contributed by atoms with van der Waals surface area (Å²) >= 11 is 7.63. The molecule has 1 aromatic carbocycles. The fourth-order valence-electron chi connectivity index (χ4n) is 3.16. The summed E-state index contributed by atoms with van der Waals surface area (Å²) in [5.74, 6) is 0.127. The van der Waals surface area contributed by atoms with E-state index in [1.165, 1.54) is 0 Å². The van der Waals surface area contributed by atoms with Crippen LogP contribution in [0.3, 0.4) is 0 Å². The minimum Gasteiger partial charge on any atom is -0.344 e. The van der Waals surface area contributed by atoms with Crippen molar-refractivity contribution in [2.24, 2.45) is 11.7 Å². The molecular formula is C18H22Cl2N2OS. The van der Waals surface area contributed by atoms with Gasteiger partial charge in [-0.15, -0.1) is 23.7 Å². The first-order chi connectivity index (χ1) is 11.1. The summed E-state index contributed by atoms with van der Waals surface area (Å²) in [5, 5.41) is 5.94. The second kappa shape index (κ2) is 8.86. The Morgan fingerprint density at radius 1 is 1.25 bits per heavy atom. The molecule has 0 spiro atoms. The number of hydrogen-bond donors (Lipinski definition) is 2. The number of hydrogen-bond acceptors (Lipinski definition) is 3. The maximum absolute atomic E-state index is 12.7. The topological polar surface area (TPSA) is 55.1 Å². The van der Waals surface area contributed by atoms with Gasteiger partial charge in [-0.25, -0.2) is 0 Å². The maximum atomic E-state index is 12.7. The second-order valence-electron chi connectivity index (χ2n) is 6.13. The van der Waals surface area contributed by atoms with E-state index >= 15 is 0 Å². The van der Waals surface area contributed by atoms with Crippen LogP contribution in [0.1, 0.15) is 42.2 Å². The quantitative estimate of drug-likeness (QED) is 0.812. The number of thiophene rings is 1. The molecule has 0 aliphatic heterocycles. The van der Waals surface area contributed by atoms with Crippen molar-refractivity contribution in [3.8, 4) is 0 Å². The van der Waals surface area contributed by atoms with Crippen LogP contribution >= 0.6 is 35.3 Å². The third-order valence-corrected chi connectivity index (χ3v) is 5.59. The number of nitrogens with two attached hydrogens (primary N) is 1. The van der Waals surface area contributed by atoms with Crippen LogP contribution in [-0.4, -0.2) is 11.9 Å². The molecule has 1 saturated carbocycles. The summed E-state index contributed by atoms with van der Waals surface area (Å²) in [7, 11) is 0. The van der Waals surface area contributed by atoms with Crippen molar-refractivity contribution < 1.29 is 4.79 Å². The monoisotopic (exact) mass is 384 g/mol. The number of nitrogens with one attached hydrogen (secondary N) is 1. The Balaban J connectivity index is 0.00000208. The van der Waals surface area contributed by atoms with Gasteiger partial charge in [-0.05, 0) is 48.4 Å². The van der Waals surface area contributed by atoms with Crippen LogP contribution < -0.4 is 11.1 Å². The Labute approximate surface area is 158 Å². The summed E-state index contributed by atoms with van der Waals surface area (Å²) in [4.78, 5) is 13.8. The molecule has 3 atom stereocenters. The molecule has 1 aliphatic rings. The Bertz CT molecular complexity index is 646. The molecule has 2 aromatic rings. The number of rotatable bonds is 4. The summed E-state index contributed by atoms with van der Waals surface area (Å²) in [6, 6.07) is 11.7. The van der Waals surface area contributed by atoms with Gasteiger partial charge >= 0.3 is 0 Å². The van der Waals surface area contributed by atoms with Gasteiger partial charge in [0.25, 0.3) is 0 Å². The lowest BCUT2D eigenvalue weighted by Gasteiger charge is -2.28.